The van der Waals surface area contributed by atoms with Crippen molar-refractivity contribution in [2.45, 2.75) is 45.1 Å². The van der Waals surface area contributed by atoms with Crippen molar-refractivity contribution in [2.24, 2.45) is 5.92 Å². The summed E-state index contributed by atoms with van der Waals surface area (Å²) >= 11 is 1.44. The van der Waals surface area contributed by atoms with Gasteiger partial charge in [0.05, 0.1) is 5.56 Å². The van der Waals surface area contributed by atoms with Crippen molar-refractivity contribution < 1.29 is 24.2 Å². The number of carbonyl (C=O) groups excluding carboxylic acids is 2. The Morgan fingerprint density at radius 3 is 2.68 bits per heavy atom. The zero-order valence-electron chi connectivity index (χ0n) is 14.1. The van der Waals surface area contributed by atoms with E-state index in [-0.39, 0.29) is 18.6 Å². The third-order valence-electron chi connectivity index (χ3n) is 4.36. The fourth-order valence-corrected chi connectivity index (χ4v) is 4.38. The van der Waals surface area contributed by atoms with Crippen LogP contribution < -0.4 is 10.6 Å². The average Bonchev–Trinajstić information content (AvgIpc) is 3.26. The summed E-state index contributed by atoms with van der Waals surface area (Å²) in [6, 6.07) is 0.244. The number of ether oxygens (including phenoxy) is 1. The monoisotopic (exact) mass is 366 g/mol. The molecule has 1 aromatic rings. The first kappa shape index (κ1) is 17.9. The van der Waals surface area contributed by atoms with Gasteiger partial charge in [-0.1, -0.05) is 6.92 Å². The Bertz CT molecular complexity index is 695. The molecule has 0 unspecified atom stereocenters. The minimum Gasteiger partial charge on any atom is -0.480 e. The minimum atomic E-state index is -1.13. The van der Waals surface area contributed by atoms with Crippen LogP contribution in [-0.4, -0.2) is 42.1 Å². The number of aliphatic carboxylic acids is 1. The number of carbonyl (C=O) groups is 3. The van der Waals surface area contributed by atoms with Gasteiger partial charge in [0.15, 0.2) is 0 Å². The van der Waals surface area contributed by atoms with E-state index in [0.29, 0.717) is 16.5 Å². The lowest BCUT2D eigenvalue weighted by molar-refractivity contribution is -0.143. The van der Waals surface area contributed by atoms with Crippen molar-refractivity contribution in [3.05, 3.63) is 16.0 Å². The molecular formula is C17H22N2O5S. The summed E-state index contributed by atoms with van der Waals surface area (Å²) in [5.41, 5.74) is 1.62. The molecular weight excluding hydrogens is 344 g/mol. The average molecular weight is 366 g/mol. The van der Waals surface area contributed by atoms with Crippen LogP contribution in [0.5, 0.6) is 0 Å². The Hall–Kier alpha value is -1.93. The standard InChI is InChI=1S/C17H22N2O5S/c1-9-2-5-11-12(6-9)25-17(15(11)16(23)18-10-3-4-10)19-13(20)7-24-8-14(21)22/h9-10H,2-8H2,1H3,(H,18,23)(H,19,20)(H,21,22)/t9-/m1/s1. The third-order valence-corrected chi connectivity index (χ3v) is 5.53. The summed E-state index contributed by atoms with van der Waals surface area (Å²) in [7, 11) is 0. The molecule has 0 aromatic carbocycles. The van der Waals surface area contributed by atoms with Crippen molar-refractivity contribution in [3.8, 4) is 0 Å². The van der Waals surface area contributed by atoms with Crippen molar-refractivity contribution in [1.82, 2.24) is 5.32 Å². The summed E-state index contributed by atoms with van der Waals surface area (Å²) in [6.07, 6.45) is 4.78. The van der Waals surface area contributed by atoms with Gasteiger partial charge in [-0.2, -0.15) is 0 Å². The molecule has 0 radical (unpaired) electrons. The third kappa shape index (κ3) is 4.58. The van der Waals surface area contributed by atoms with Crippen LogP contribution in [0.1, 0.15) is 47.0 Å². The second kappa shape index (κ2) is 7.53. The van der Waals surface area contributed by atoms with Crippen LogP contribution in [0, 0.1) is 5.92 Å². The Balaban J connectivity index is 1.75. The van der Waals surface area contributed by atoms with E-state index < -0.39 is 18.5 Å². The maximum atomic E-state index is 12.7. The lowest BCUT2D eigenvalue weighted by Gasteiger charge is -2.18. The molecule has 2 aliphatic rings. The molecule has 2 aliphatic carbocycles. The zero-order valence-corrected chi connectivity index (χ0v) is 14.9. The van der Waals surface area contributed by atoms with Gasteiger partial charge in [0, 0.05) is 10.9 Å². The fraction of sp³-hybridized carbons (Fsp3) is 0.588. The van der Waals surface area contributed by atoms with Crippen LogP contribution in [0.2, 0.25) is 0 Å². The molecule has 0 spiro atoms. The largest absolute Gasteiger partial charge is 0.480 e. The van der Waals surface area contributed by atoms with E-state index in [0.717, 1.165) is 42.5 Å². The van der Waals surface area contributed by atoms with E-state index in [9.17, 15) is 14.4 Å². The van der Waals surface area contributed by atoms with E-state index in [1.807, 2.05) is 0 Å². The molecule has 1 saturated carbocycles. The highest BCUT2D eigenvalue weighted by Crippen LogP contribution is 2.40. The van der Waals surface area contributed by atoms with Crippen LogP contribution in [0.3, 0.4) is 0 Å². The number of fused-ring (bicyclic) bond motifs is 1. The number of carboxylic acid groups (broad SMARTS) is 1. The number of amides is 2. The first-order valence-electron chi connectivity index (χ1n) is 8.48. The minimum absolute atomic E-state index is 0.128. The number of rotatable bonds is 7. The van der Waals surface area contributed by atoms with Gasteiger partial charge < -0.3 is 20.5 Å². The topological polar surface area (TPSA) is 105 Å². The molecule has 0 bridgehead atoms. The summed E-state index contributed by atoms with van der Waals surface area (Å²) in [6.45, 7) is 1.31. The Kier molecular flexibility index (Phi) is 5.39. The second-order valence-electron chi connectivity index (χ2n) is 6.74. The Morgan fingerprint density at radius 2 is 2.00 bits per heavy atom. The number of thiophene rings is 1. The van der Waals surface area contributed by atoms with Crippen LogP contribution in [0.4, 0.5) is 5.00 Å². The van der Waals surface area contributed by atoms with E-state index in [2.05, 4.69) is 17.6 Å². The molecule has 3 rings (SSSR count). The van der Waals surface area contributed by atoms with Gasteiger partial charge in [0.1, 0.15) is 18.2 Å². The number of nitrogens with one attached hydrogen (secondary N) is 2. The molecule has 25 heavy (non-hydrogen) atoms. The van der Waals surface area contributed by atoms with Gasteiger partial charge in [0.25, 0.3) is 11.8 Å². The lowest BCUT2D eigenvalue weighted by atomic mass is 9.88. The van der Waals surface area contributed by atoms with Crippen LogP contribution in [0.15, 0.2) is 0 Å². The molecule has 1 heterocycles. The highest BCUT2D eigenvalue weighted by molar-refractivity contribution is 7.17. The molecule has 0 aliphatic heterocycles. The maximum absolute atomic E-state index is 12.7. The van der Waals surface area contributed by atoms with Gasteiger partial charge in [-0.25, -0.2) is 4.79 Å². The first-order valence-corrected chi connectivity index (χ1v) is 9.30. The smallest absolute Gasteiger partial charge is 0.329 e. The summed E-state index contributed by atoms with van der Waals surface area (Å²) in [5.74, 6) is -1.14. The predicted octanol–water partition coefficient (Wildman–Crippen LogP) is 1.80. The summed E-state index contributed by atoms with van der Waals surface area (Å²) in [4.78, 5) is 36.3. The highest BCUT2D eigenvalue weighted by Gasteiger charge is 2.31. The molecule has 0 saturated heterocycles. The van der Waals surface area contributed by atoms with Gasteiger partial charge in [0.2, 0.25) is 0 Å². The van der Waals surface area contributed by atoms with Gasteiger partial charge >= 0.3 is 5.97 Å². The normalized spacial score (nSPS) is 19.2. The van der Waals surface area contributed by atoms with Gasteiger partial charge in [-0.15, -0.1) is 11.3 Å². The molecule has 3 N–H and O–H groups in total. The second-order valence-corrected chi connectivity index (χ2v) is 7.84. The van der Waals surface area contributed by atoms with E-state index in [1.54, 1.807) is 0 Å². The first-order chi connectivity index (χ1) is 11.9. The van der Waals surface area contributed by atoms with Crippen molar-refractivity contribution in [1.29, 1.82) is 0 Å². The summed E-state index contributed by atoms with van der Waals surface area (Å²) in [5, 5.41) is 14.8. The van der Waals surface area contributed by atoms with Crippen molar-refractivity contribution >= 4 is 34.1 Å². The number of anilines is 1. The molecule has 136 valence electrons. The van der Waals surface area contributed by atoms with Gasteiger partial charge in [-0.05, 0) is 43.6 Å². The molecule has 7 nitrogen and oxygen atoms in total. The van der Waals surface area contributed by atoms with Gasteiger partial charge in [-0.3, -0.25) is 9.59 Å². The molecule has 2 amide bonds. The highest BCUT2D eigenvalue weighted by atomic mass is 32.1. The predicted molar refractivity (Wildman–Crippen MR) is 93.1 cm³/mol. The molecule has 1 fully saturated rings. The van der Waals surface area contributed by atoms with E-state index in [4.69, 9.17) is 9.84 Å². The van der Waals surface area contributed by atoms with Crippen LogP contribution in [-0.2, 0) is 27.2 Å². The molecule has 1 aromatic heterocycles. The Morgan fingerprint density at radius 1 is 1.24 bits per heavy atom. The van der Waals surface area contributed by atoms with E-state index in [1.165, 1.54) is 11.3 Å². The Labute approximate surface area is 149 Å². The van der Waals surface area contributed by atoms with Crippen molar-refractivity contribution in [2.75, 3.05) is 18.5 Å². The molecule has 8 heteroatoms. The number of carboxylic acids is 1. The number of hydrogen-bond donors (Lipinski definition) is 3. The zero-order chi connectivity index (χ0) is 18.0. The number of hydrogen-bond acceptors (Lipinski definition) is 5. The van der Waals surface area contributed by atoms with Crippen LogP contribution >= 0.6 is 11.3 Å². The van der Waals surface area contributed by atoms with Crippen LogP contribution in [0.25, 0.3) is 0 Å². The van der Waals surface area contributed by atoms with Crippen molar-refractivity contribution in [3.63, 3.8) is 0 Å². The van der Waals surface area contributed by atoms with E-state index >= 15 is 0 Å². The lowest BCUT2D eigenvalue weighted by Crippen LogP contribution is -2.28. The maximum Gasteiger partial charge on any atom is 0.329 e. The summed E-state index contributed by atoms with van der Waals surface area (Å²) < 4.78 is 4.82. The SMILES string of the molecule is C[C@@H]1CCc2c(sc(NC(=O)COCC(=O)O)c2C(=O)NC2CC2)C1. The quantitative estimate of drug-likeness (QED) is 0.683. The fourth-order valence-electron chi connectivity index (χ4n) is 2.96. The molecule has 1 atom stereocenters.